The van der Waals surface area contributed by atoms with Crippen molar-refractivity contribution in [3.05, 3.63) is 64.7 Å². The minimum Gasteiger partial charge on any atom is -0.496 e. The van der Waals surface area contributed by atoms with Crippen molar-refractivity contribution in [1.82, 2.24) is 29.2 Å². The van der Waals surface area contributed by atoms with Gasteiger partial charge < -0.3 is 15.0 Å². The van der Waals surface area contributed by atoms with Crippen LogP contribution in [0.1, 0.15) is 5.82 Å². The minimum absolute atomic E-state index is 0.128. The van der Waals surface area contributed by atoms with Crippen LogP contribution in [-0.4, -0.2) is 65.6 Å². The second-order valence-corrected chi connectivity index (χ2v) is 9.89. The monoisotopic (exact) mass is 480 g/mol. The van der Waals surface area contributed by atoms with Crippen molar-refractivity contribution in [2.75, 3.05) is 33.3 Å². The molecule has 5 rings (SSSR count). The number of piperazine rings is 1. The van der Waals surface area contributed by atoms with Gasteiger partial charge in [0.1, 0.15) is 17.3 Å². The second-order valence-electron chi connectivity index (χ2n) is 7.95. The van der Waals surface area contributed by atoms with E-state index in [1.807, 2.05) is 30.3 Å². The molecule has 176 valence electrons. The number of aromatic nitrogens is 4. The molecule has 1 aliphatic heterocycles. The molecular formula is C23H24N6O4S. The van der Waals surface area contributed by atoms with Crippen LogP contribution in [-0.2, 0) is 10.0 Å². The number of methoxy groups -OCH3 is 1. The molecule has 10 nitrogen and oxygen atoms in total. The highest BCUT2D eigenvalue weighted by atomic mass is 32.2. The quantitative estimate of drug-likeness (QED) is 0.446. The Morgan fingerprint density at radius 1 is 1.06 bits per heavy atom. The minimum atomic E-state index is -3.66. The van der Waals surface area contributed by atoms with E-state index in [4.69, 9.17) is 4.74 Å². The highest BCUT2D eigenvalue weighted by Gasteiger charge is 2.27. The molecule has 0 unspecified atom stereocenters. The number of hydrogen-bond acceptors (Lipinski definition) is 7. The lowest BCUT2D eigenvalue weighted by Crippen LogP contribution is -2.46. The third-order valence-electron chi connectivity index (χ3n) is 5.85. The summed E-state index contributed by atoms with van der Waals surface area (Å²) >= 11 is 0. The maximum atomic E-state index is 13.1. The fourth-order valence-corrected chi connectivity index (χ4v) is 5.58. The number of aromatic amines is 1. The van der Waals surface area contributed by atoms with Gasteiger partial charge in [-0.3, -0.25) is 4.79 Å². The van der Waals surface area contributed by atoms with Crippen LogP contribution in [0.2, 0.25) is 0 Å². The number of H-pyrrole nitrogens is 1. The topological polar surface area (TPSA) is 122 Å². The Hall–Kier alpha value is -3.54. The van der Waals surface area contributed by atoms with Crippen molar-refractivity contribution in [2.45, 2.75) is 11.8 Å². The molecule has 3 heterocycles. The normalized spacial score (nSPS) is 15.0. The Balaban J connectivity index is 1.60. The number of ether oxygens (including phenoxy) is 1. The SMILES string of the molecule is COc1cc(S(=O)(=O)N2CCNCC2)ccc1-c1nn2c(C)nc(-c3ccccc3)c2c(=O)[nH]1. The van der Waals surface area contributed by atoms with E-state index >= 15 is 0 Å². The zero-order valence-corrected chi connectivity index (χ0v) is 19.6. The Morgan fingerprint density at radius 2 is 1.79 bits per heavy atom. The van der Waals surface area contributed by atoms with E-state index in [1.165, 1.54) is 28.1 Å². The van der Waals surface area contributed by atoms with E-state index in [2.05, 4.69) is 20.4 Å². The zero-order chi connectivity index (χ0) is 23.9. The van der Waals surface area contributed by atoms with Crippen molar-refractivity contribution in [1.29, 1.82) is 0 Å². The zero-order valence-electron chi connectivity index (χ0n) is 18.8. The Bertz CT molecular complexity index is 1520. The van der Waals surface area contributed by atoms with E-state index in [-0.39, 0.29) is 16.3 Å². The number of nitrogens with zero attached hydrogens (tertiary/aromatic N) is 4. The van der Waals surface area contributed by atoms with Crippen LogP contribution in [0.4, 0.5) is 0 Å². The van der Waals surface area contributed by atoms with Gasteiger partial charge in [-0.1, -0.05) is 30.3 Å². The van der Waals surface area contributed by atoms with Crippen molar-refractivity contribution in [3.63, 3.8) is 0 Å². The van der Waals surface area contributed by atoms with Crippen LogP contribution in [0.15, 0.2) is 58.2 Å². The van der Waals surface area contributed by atoms with Gasteiger partial charge >= 0.3 is 0 Å². The van der Waals surface area contributed by atoms with Crippen LogP contribution in [0.3, 0.4) is 0 Å². The number of sulfonamides is 1. The number of benzene rings is 2. The van der Waals surface area contributed by atoms with Gasteiger partial charge in [0.15, 0.2) is 11.3 Å². The molecule has 0 atom stereocenters. The van der Waals surface area contributed by atoms with Gasteiger partial charge in [-0.25, -0.2) is 17.9 Å². The molecule has 0 spiro atoms. The lowest BCUT2D eigenvalue weighted by Gasteiger charge is -2.26. The summed E-state index contributed by atoms with van der Waals surface area (Å²) in [4.78, 5) is 20.6. The first-order chi connectivity index (χ1) is 16.4. The predicted octanol–water partition coefficient (Wildman–Crippen LogP) is 1.66. The van der Waals surface area contributed by atoms with Gasteiger partial charge in [-0.15, -0.1) is 5.10 Å². The molecule has 1 aliphatic rings. The molecule has 0 bridgehead atoms. The van der Waals surface area contributed by atoms with Crippen LogP contribution >= 0.6 is 0 Å². The number of rotatable bonds is 5. The number of imidazole rings is 1. The van der Waals surface area contributed by atoms with Crippen LogP contribution < -0.4 is 15.6 Å². The van der Waals surface area contributed by atoms with E-state index in [0.717, 1.165) is 5.56 Å². The summed E-state index contributed by atoms with van der Waals surface area (Å²) < 4.78 is 34.6. The Kier molecular flexibility index (Phi) is 5.68. The van der Waals surface area contributed by atoms with Crippen molar-refractivity contribution < 1.29 is 13.2 Å². The molecule has 4 aromatic rings. The number of fused-ring (bicyclic) bond motifs is 1. The largest absolute Gasteiger partial charge is 0.496 e. The summed E-state index contributed by atoms with van der Waals surface area (Å²) in [7, 11) is -2.21. The molecule has 34 heavy (non-hydrogen) atoms. The van der Waals surface area contributed by atoms with E-state index in [0.29, 0.717) is 54.5 Å². The van der Waals surface area contributed by atoms with E-state index in [9.17, 15) is 13.2 Å². The molecule has 0 aliphatic carbocycles. The highest BCUT2D eigenvalue weighted by Crippen LogP contribution is 2.31. The molecule has 0 saturated carbocycles. The fraction of sp³-hybridized carbons (Fsp3) is 0.261. The van der Waals surface area contributed by atoms with Crippen LogP contribution in [0, 0.1) is 6.92 Å². The Labute approximate surface area is 196 Å². The highest BCUT2D eigenvalue weighted by molar-refractivity contribution is 7.89. The maximum absolute atomic E-state index is 13.1. The van der Waals surface area contributed by atoms with Gasteiger partial charge in [0.2, 0.25) is 10.0 Å². The van der Waals surface area contributed by atoms with Gasteiger partial charge in [0.05, 0.1) is 17.6 Å². The van der Waals surface area contributed by atoms with Crippen molar-refractivity contribution >= 4 is 15.5 Å². The first kappa shape index (κ1) is 22.3. The predicted molar refractivity (Wildman–Crippen MR) is 127 cm³/mol. The molecule has 0 amide bonds. The van der Waals surface area contributed by atoms with Crippen LogP contribution in [0.5, 0.6) is 5.75 Å². The average molecular weight is 481 g/mol. The van der Waals surface area contributed by atoms with E-state index in [1.54, 1.807) is 13.0 Å². The first-order valence-corrected chi connectivity index (χ1v) is 12.3. The summed E-state index contributed by atoms with van der Waals surface area (Å²) in [6.45, 7) is 3.79. The standard InChI is InChI=1S/C23H24N6O4S/c1-15-25-20(16-6-4-3-5-7-16)21-23(30)26-22(27-29(15)21)18-9-8-17(14-19(18)33-2)34(31,32)28-12-10-24-11-13-28/h3-9,14,24H,10-13H2,1-2H3,(H,26,27,30). The molecule has 11 heteroatoms. The van der Waals surface area contributed by atoms with Gasteiger partial charge in [-0.2, -0.15) is 4.31 Å². The third-order valence-corrected chi connectivity index (χ3v) is 7.75. The summed E-state index contributed by atoms with van der Waals surface area (Å²) in [6, 6.07) is 14.0. The Morgan fingerprint density at radius 3 is 2.50 bits per heavy atom. The first-order valence-electron chi connectivity index (χ1n) is 10.8. The smallest absolute Gasteiger partial charge is 0.277 e. The van der Waals surface area contributed by atoms with Crippen molar-refractivity contribution in [2.24, 2.45) is 0 Å². The molecule has 2 aromatic heterocycles. The molecule has 2 aromatic carbocycles. The molecule has 2 N–H and O–H groups in total. The third kappa shape index (κ3) is 3.77. The van der Waals surface area contributed by atoms with Gasteiger partial charge in [-0.05, 0) is 19.1 Å². The molecule has 1 fully saturated rings. The second kappa shape index (κ2) is 8.67. The number of nitrogens with one attached hydrogen (secondary N) is 2. The van der Waals surface area contributed by atoms with Gasteiger partial charge in [0, 0.05) is 37.8 Å². The van der Waals surface area contributed by atoms with Gasteiger partial charge in [0.25, 0.3) is 5.56 Å². The lowest BCUT2D eigenvalue weighted by molar-refractivity contribution is 0.359. The van der Waals surface area contributed by atoms with Crippen molar-refractivity contribution in [3.8, 4) is 28.4 Å². The average Bonchev–Trinajstić information content (AvgIpc) is 3.21. The number of hydrogen-bond donors (Lipinski definition) is 2. The fourth-order valence-electron chi connectivity index (χ4n) is 4.12. The summed E-state index contributed by atoms with van der Waals surface area (Å²) in [6.07, 6.45) is 0. The molecule has 1 saturated heterocycles. The molecule has 0 radical (unpaired) electrons. The molecular weight excluding hydrogens is 456 g/mol. The van der Waals surface area contributed by atoms with E-state index < -0.39 is 10.0 Å². The number of aryl methyl sites for hydroxylation is 1. The maximum Gasteiger partial charge on any atom is 0.277 e. The summed E-state index contributed by atoms with van der Waals surface area (Å²) in [5, 5.41) is 7.74. The summed E-state index contributed by atoms with van der Waals surface area (Å²) in [5.41, 5.74) is 1.81. The van der Waals surface area contributed by atoms with Crippen LogP contribution in [0.25, 0.3) is 28.2 Å². The lowest BCUT2D eigenvalue weighted by atomic mass is 10.1. The summed E-state index contributed by atoms with van der Waals surface area (Å²) in [5.74, 6) is 1.10.